The van der Waals surface area contributed by atoms with Gasteiger partial charge in [-0.3, -0.25) is 4.79 Å². The first-order valence-electron chi connectivity index (χ1n) is 9.76. The predicted octanol–water partition coefficient (Wildman–Crippen LogP) is 5.47. The van der Waals surface area contributed by atoms with Crippen LogP contribution in [0.25, 0.3) is 20.8 Å². The molecule has 0 unspecified atom stereocenters. The fourth-order valence-electron chi connectivity index (χ4n) is 3.74. The smallest absolute Gasteiger partial charge is 0.262 e. The number of anilines is 1. The molecule has 1 heterocycles. The number of nitrogens with zero attached hydrogens (tertiary/aromatic N) is 1. The first-order valence-corrected chi connectivity index (χ1v) is 10.6. The van der Waals surface area contributed by atoms with Crippen LogP contribution in [-0.2, 0) is 17.6 Å². The van der Waals surface area contributed by atoms with Crippen LogP contribution in [0.15, 0.2) is 66.7 Å². The Hall–Kier alpha value is -3.18. The van der Waals surface area contributed by atoms with Crippen LogP contribution in [0.4, 0.5) is 5.69 Å². The van der Waals surface area contributed by atoms with E-state index in [0.29, 0.717) is 0 Å². The van der Waals surface area contributed by atoms with Crippen molar-refractivity contribution in [2.75, 3.05) is 11.9 Å². The Morgan fingerprint density at radius 1 is 1.00 bits per heavy atom. The number of amides is 1. The number of para-hydroxylation sites is 2. The van der Waals surface area contributed by atoms with Crippen LogP contribution in [0.3, 0.4) is 0 Å². The average Bonchev–Trinajstić information content (AvgIpc) is 3.39. The van der Waals surface area contributed by atoms with Crippen molar-refractivity contribution in [1.82, 2.24) is 4.98 Å². The minimum Gasteiger partial charge on any atom is -0.484 e. The Bertz CT molecular complexity index is 1170. The summed E-state index contributed by atoms with van der Waals surface area (Å²) in [6, 6.07) is 21.9. The second-order valence-electron chi connectivity index (χ2n) is 7.15. The van der Waals surface area contributed by atoms with E-state index in [9.17, 15) is 4.79 Å². The van der Waals surface area contributed by atoms with Crippen molar-refractivity contribution in [3.63, 3.8) is 0 Å². The highest BCUT2D eigenvalue weighted by molar-refractivity contribution is 7.21. The summed E-state index contributed by atoms with van der Waals surface area (Å²) in [7, 11) is 0. The number of rotatable bonds is 5. The maximum absolute atomic E-state index is 12.5. The summed E-state index contributed by atoms with van der Waals surface area (Å²) in [4.78, 5) is 17.2. The Kier molecular flexibility index (Phi) is 4.74. The standard InChI is InChI=1S/C24H20N2O2S/c27-23(15-28-18-13-12-16-6-5-7-17(16)14-18)25-20-9-2-1-8-19(20)24-26-21-10-3-4-11-22(21)29-24/h1-4,8-14H,5-7,15H2,(H,25,27). The molecule has 29 heavy (non-hydrogen) atoms. The van der Waals surface area contributed by atoms with Crippen molar-refractivity contribution >= 4 is 33.1 Å². The quantitative estimate of drug-likeness (QED) is 0.483. The van der Waals surface area contributed by atoms with E-state index >= 15 is 0 Å². The number of carbonyl (C=O) groups excluding carboxylic acids is 1. The zero-order chi connectivity index (χ0) is 19.6. The Balaban J connectivity index is 1.31. The minimum absolute atomic E-state index is 0.0209. The minimum atomic E-state index is -0.181. The first kappa shape index (κ1) is 17.9. The molecule has 1 aliphatic rings. The summed E-state index contributed by atoms with van der Waals surface area (Å²) >= 11 is 1.62. The summed E-state index contributed by atoms with van der Waals surface area (Å²) in [6.07, 6.45) is 3.43. The van der Waals surface area contributed by atoms with Gasteiger partial charge in [-0.25, -0.2) is 4.98 Å². The summed E-state index contributed by atoms with van der Waals surface area (Å²) in [6.45, 7) is -0.0209. The van der Waals surface area contributed by atoms with Gasteiger partial charge in [-0.05, 0) is 66.8 Å². The Morgan fingerprint density at radius 2 is 1.83 bits per heavy atom. The molecular formula is C24H20N2O2S. The largest absolute Gasteiger partial charge is 0.484 e. The number of thiazole rings is 1. The lowest BCUT2D eigenvalue weighted by Gasteiger charge is -2.11. The molecule has 0 bridgehead atoms. The number of ether oxygens (including phenoxy) is 1. The average molecular weight is 401 g/mol. The van der Waals surface area contributed by atoms with Crippen molar-refractivity contribution in [3.05, 3.63) is 77.9 Å². The number of benzene rings is 3. The molecule has 1 aromatic heterocycles. The molecule has 5 rings (SSSR count). The van der Waals surface area contributed by atoms with Gasteiger partial charge in [0.05, 0.1) is 15.9 Å². The van der Waals surface area contributed by atoms with E-state index in [1.807, 2.05) is 48.5 Å². The van der Waals surface area contributed by atoms with Gasteiger partial charge in [-0.1, -0.05) is 30.3 Å². The van der Waals surface area contributed by atoms with Crippen LogP contribution < -0.4 is 10.1 Å². The molecular weight excluding hydrogens is 380 g/mol. The SMILES string of the molecule is O=C(COc1ccc2c(c1)CCC2)Nc1ccccc1-c1nc2ccccc2s1. The number of hydrogen-bond acceptors (Lipinski definition) is 4. The maximum Gasteiger partial charge on any atom is 0.262 e. The highest BCUT2D eigenvalue weighted by Gasteiger charge is 2.14. The molecule has 5 heteroatoms. The van der Waals surface area contributed by atoms with Crippen LogP contribution >= 0.6 is 11.3 Å². The molecule has 1 amide bonds. The van der Waals surface area contributed by atoms with Crippen molar-refractivity contribution < 1.29 is 9.53 Å². The molecule has 0 saturated heterocycles. The van der Waals surface area contributed by atoms with E-state index in [1.165, 1.54) is 17.5 Å². The fourth-order valence-corrected chi connectivity index (χ4v) is 4.74. The number of carbonyl (C=O) groups is 1. The van der Waals surface area contributed by atoms with Gasteiger partial charge >= 0.3 is 0 Å². The van der Waals surface area contributed by atoms with Crippen molar-refractivity contribution in [1.29, 1.82) is 0 Å². The van der Waals surface area contributed by atoms with E-state index < -0.39 is 0 Å². The molecule has 0 radical (unpaired) electrons. The second-order valence-corrected chi connectivity index (χ2v) is 8.18. The number of aryl methyl sites for hydroxylation is 2. The van der Waals surface area contributed by atoms with E-state index in [4.69, 9.17) is 9.72 Å². The highest BCUT2D eigenvalue weighted by atomic mass is 32.1. The monoisotopic (exact) mass is 400 g/mol. The number of aromatic nitrogens is 1. The summed E-state index contributed by atoms with van der Waals surface area (Å²) in [5.41, 5.74) is 5.36. The lowest BCUT2D eigenvalue weighted by molar-refractivity contribution is -0.118. The fraction of sp³-hybridized carbons (Fsp3) is 0.167. The van der Waals surface area contributed by atoms with Crippen LogP contribution in [0.5, 0.6) is 5.75 Å². The van der Waals surface area contributed by atoms with Crippen molar-refractivity contribution in [2.45, 2.75) is 19.3 Å². The molecule has 1 N–H and O–H groups in total. The van der Waals surface area contributed by atoms with E-state index in [0.717, 1.165) is 45.1 Å². The second kappa shape index (κ2) is 7.68. The van der Waals surface area contributed by atoms with Gasteiger partial charge < -0.3 is 10.1 Å². The third-order valence-corrected chi connectivity index (χ3v) is 6.24. The van der Waals surface area contributed by atoms with Crippen LogP contribution in [-0.4, -0.2) is 17.5 Å². The maximum atomic E-state index is 12.5. The normalized spacial score (nSPS) is 12.7. The van der Waals surface area contributed by atoms with E-state index in [-0.39, 0.29) is 12.5 Å². The Labute approximate surface area is 173 Å². The van der Waals surface area contributed by atoms with Gasteiger partial charge in [0, 0.05) is 5.56 Å². The van der Waals surface area contributed by atoms with Gasteiger partial charge in [-0.15, -0.1) is 11.3 Å². The molecule has 0 saturated carbocycles. The molecule has 144 valence electrons. The highest BCUT2D eigenvalue weighted by Crippen LogP contribution is 2.34. The van der Waals surface area contributed by atoms with Gasteiger partial charge in [0.25, 0.3) is 5.91 Å². The molecule has 4 aromatic rings. The lowest BCUT2D eigenvalue weighted by Crippen LogP contribution is -2.20. The van der Waals surface area contributed by atoms with E-state index in [2.05, 4.69) is 23.5 Å². The number of nitrogens with one attached hydrogen (secondary N) is 1. The molecule has 0 fully saturated rings. The van der Waals surface area contributed by atoms with Gasteiger partial charge in [-0.2, -0.15) is 0 Å². The van der Waals surface area contributed by atoms with Crippen LogP contribution in [0.2, 0.25) is 0 Å². The summed E-state index contributed by atoms with van der Waals surface area (Å²) < 4.78 is 6.86. The molecule has 0 aliphatic heterocycles. The third kappa shape index (κ3) is 3.74. The molecule has 1 aliphatic carbocycles. The van der Waals surface area contributed by atoms with E-state index in [1.54, 1.807) is 11.3 Å². The zero-order valence-electron chi connectivity index (χ0n) is 15.9. The lowest BCUT2D eigenvalue weighted by atomic mass is 10.1. The molecule has 0 spiro atoms. The number of hydrogen-bond donors (Lipinski definition) is 1. The zero-order valence-corrected chi connectivity index (χ0v) is 16.7. The van der Waals surface area contributed by atoms with Crippen LogP contribution in [0, 0.1) is 0 Å². The summed E-state index contributed by atoms with van der Waals surface area (Å²) in [5.74, 6) is 0.569. The first-order chi connectivity index (χ1) is 14.3. The van der Waals surface area contributed by atoms with Crippen molar-refractivity contribution in [2.24, 2.45) is 0 Å². The van der Waals surface area contributed by atoms with Crippen molar-refractivity contribution in [3.8, 4) is 16.3 Å². The third-order valence-electron chi connectivity index (χ3n) is 5.17. The van der Waals surface area contributed by atoms with Gasteiger partial charge in [0.1, 0.15) is 10.8 Å². The molecule has 0 atom stereocenters. The Morgan fingerprint density at radius 3 is 2.76 bits per heavy atom. The molecule has 3 aromatic carbocycles. The topological polar surface area (TPSA) is 51.2 Å². The summed E-state index contributed by atoms with van der Waals surface area (Å²) in [5, 5.41) is 3.87. The van der Waals surface area contributed by atoms with Crippen LogP contribution in [0.1, 0.15) is 17.5 Å². The van der Waals surface area contributed by atoms with Gasteiger partial charge in [0.15, 0.2) is 6.61 Å². The predicted molar refractivity (Wildman–Crippen MR) is 118 cm³/mol. The number of fused-ring (bicyclic) bond motifs is 2. The van der Waals surface area contributed by atoms with Gasteiger partial charge in [0.2, 0.25) is 0 Å². The molecule has 4 nitrogen and oxygen atoms in total.